The monoisotopic (exact) mass is 153 g/mol. The van der Waals surface area contributed by atoms with Crippen molar-refractivity contribution in [2.45, 2.75) is 40.3 Å². The molecule has 0 radical (unpaired) electrons. The predicted octanol–water partition coefficient (Wildman–Crippen LogP) is 2.51. The van der Waals surface area contributed by atoms with Gasteiger partial charge in [-0.1, -0.05) is 0 Å². The molecule has 0 spiro atoms. The van der Waals surface area contributed by atoms with Gasteiger partial charge in [0.25, 0.3) is 0 Å². The fourth-order valence-corrected chi connectivity index (χ4v) is 1.22. The van der Waals surface area contributed by atoms with Gasteiger partial charge in [0.1, 0.15) is 5.76 Å². The number of aliphatic imine (C=N–C) groups is 1. The minimum Gasteiger partial charge on any atom is -0.471 e. The molecule has 1 aliphatic heterocycles. The van der Waals surface area contributed by atoms with E-state index >= 15 is 0 Å². The van der Waals surface area contributed by atoms with Crippen LogP contribution in [0.25, 0.3) is 0 Å². The first kappa shape index (κ1) is 8.31. The van der Waals surface area contributed by atoms with Crippen LogP contribution in [-0.4, -0.2) is 11.4 Å². The summed E-state index contributed by atoms with van der Waals surface area (Å²) < 4.78 is 5.55. The van der Waals surface area contributed by atoms with Crippen LogP contribution in [0.4, 0.5) is 0 Å². The summed E-state index contributed by atoms with van der Waals surface area (Å²) in [5.74, 6) is 0.988. The standard InChI is InChI=1S/C9H15NO/c1-6-7(2)10-9(4,5)11-8(6)3/h1-5H3. The van der Waals surface area contributed by atoms with E-state index < -0.39 is 0 Å². The molecule has 1 rings (SSSR count). The highest BCUT2D eigenvalue weighted by molar-refractivity contribution is 5.98. The largest absolute Gasteiger partial charge is 0.471 e. The molecule has 2 heteroatoms. The fraction of sp³-hybridized carbons (Fsp3) is 0.667. The SMILES string of the molecule is CC1=NC(C)(C)OC(C)=C1C. The van der Waals surface area contributed by atoms with Crippen LogP contribution in [0.3, 0.4) is 0 Å². The third-order valence-electron chi connectivity index (χ3n) is 1.91. The topological polar surface area (TPSA) is 21.6 Å². The number of hydrogen-bond acceptors (Lipinski definition) is 2. The van der Waals surface area contributed by atoms with Crippen LogP contribution >= 0.6 is 0 Å². The van der Waals surface area contributed by atoms with Crippen LogP contribution < -0.4 is 0 Å². The number of hydrogen-bond donors (Lipinski definition) is 0. The molecule has 0 bridgehead atoms. The van der Waals surface area contributed by atoms with Crippen molar-refractivity contribution in [3.8, 4) is 0 Å². The molecule has 2 nitrogen and oxygen atoms in total. The van der Waals surface area contributed by atoms with Gasteiger partial charge in [-0.3, -0.25) is 0 Å². The minimum absolute atomic E-state index is 0.367. The van der Waals surface area contributed by atoms with Gasteiger partial charge in [0.05, 0.1) is 0 Å². The van der Waals surface area contributed by atoms with E-state index in [-0.39, 0.29) is 5.72 Å². The summed E-state index contributed by atoms with van der Waals surface area (Å²) in [6.45, 7) is 9.96. The van der Waals surface area contributed by atoms with E-state index in [2.05, 4.69) is 4.99 Å². The van der Waals surface area contributed by atoms with Crippen molar-refractivity contribution >= 4 is 5.71 Å². The van der Waals surface area contributed by atoms with Gasteiger partial charge >= 0.3 is 0 Å². The number of ether oxygens (including phenoxy) is 1. The number of nitrogens with zero attached hydrogens (tertiary/aromatic N) is 1. The summed E-state index contributed by atoms with van der Waals surface area (Å²) in [6.07, 6.45) is 0. The van der Waals surface area contributed by atoms with Crippen LogP contribution in [0.1, 0.15) is 34.6 Å². The van der Waals surface area contributed by atoms with Gasteiger partial charge in [0, 0.05) is 11.3 Å². The van der Waals surface area contributed by atoms with Gasteiger partial charge in [-0.15, -0.1) is 0 Å². The molecule has 0 atom stereocenters. The van der Waals surface area contributed by atoms with Crippen LogP contribution in [0, 0.1) is 0 Å². The van der Waals surface area contributed by atoms with Gasteiger partial charge in [-0.05, 0) is 34.6 Å². The molecular weight excluding hydrogens is 138 g/mol. The summed E-state index contributed by atoms with van der Waals surface area (Å²) in [6, 6.07) is 0. The summed E-state index contributed by atoms with van der Waals surface area (Å²) >= 11 is 0. The third kappa shape index (κ3) is 1.62. The van der Waals surface area contributed by atoms with Crippen molar-refractivity contribution in [1.82, 2.24) is 0 Å². The highest BCUT2D eigenvalue weighted by atomic mass is 16.5. The van der Waals surface area contributed by atoms with Gasteiger partial charge in [-0.25, -0.2) is 4.99 Å². The molecular formula is C9H15NO. The summed E-state index contributed by atoms with van der Waals surface area (Å²) in [5.41, 5.74) is 1.87. The lowest BCUT2D eigenvalue weighted by Gasteiger charge is -2.28. The Bertz CT molecular complexity index is 236. The molecule has 0 saturated carbocycles. The maximum absolute atomic E-state index is 5.55. The van der Waals surface area contributed by atoms with E-state index in [1.807, 2.05) is 34.6 Å². The molecule has 1 aliphatic rings. The van der Waals surface area contributed by atoms with Crippen molar-refractivity contribution in [2.24, 2.45) is 4.99 Å². The average Bonchev–Trinajstić information content (AvgIpc) is 1.81. The lowest BCUT2D eigenvalue weighted by molar-refractivity contribution is 0.0391. The van der Waals surface area contributed by atoms with Crippen molar-refractivity contribution in [3.05, 3.63) is 11.3 Å². The number of rotatable bonds is 0. The molecule has 0 saturated heterocycles. The van der Waals surface area contributed by atoms with Crippen LogP contribution in [0.5, 0.6) is 0 Å². The van der Waals surface area contributed by atoms with Gasteiger partial charge < -0.3 is 4.74 Å². The minimum atomic E-state index is -0.367. The Kier molecular flexibility index (Phi) is 1.78. The second-order valence-corrected chi connectivity index (χ2v) is 3.43. The van der Waals surface area contributed by atoms with E-state index in [0.717, 1.165) is 17.0 Å². The Balaban J connectivity index is 3.01. The first-order valence-corrected chi connectivity index (χ1v) is 3.86. The molecule has 1 heterocycles. The lowest BCUT2D eigenvalue weighted by atomic mass is 10.1. The predicted molar refractivity (Wildman–Crippen MR) is 46.6 cm³/mol. The molecule has 0 N–H and O–H groups in total. The highest BCUT2D eigenvalue weighted by Gasteiger charge is 2.23. The molecule has 0 aliphatic carbocycles. The van der Waals surface area contributed by atoms with E-state index in [0.29, 0.717) is 0 Å². The van der Waals surface area contributed by atoms with Gasteiger partial charge in [0.15, 0.2) is 5.72 Å². The molecule has 62 valence electrons. The molecule has 0 amide bonds. The Morgan fingerprint density at radius 1 is 1.18 bits per heavy atom. The lowest BCUT2D eigenvalue weighted by Crippen LogP contribution is -2.27. The zero-order valence-corrected chi connectivity index (χ0v) is 7.86. The highest BCUT2D eigenvalue weighted by Crippen LogP contribution is 2.24. The maximum atomic E-state index is 5.55. The van der Waals surface area contributed by atoms with E-state index in [1.54, 1.807) is 0 Å². The van der Waals surface area contributed by atoms with E-state index in [4.69, 9.17) is 4.74 Å². The summed E-state index contributed by atoms with van der Waals surface area (Å²) in [4.78, 5) is 4.38. The molecule has 0 aromatic rings. The first-order valence-electron chi connectivity index (χ1n) is 3.86. The molecule has 0 aromatic carbocycles. The quantitative estimate of drug-likeness (QED) is 0.524. The first-order chi connectivity index (χ1) is 4.92. The van der Waals surface area contributed by atoms with Gasteiger partial charge in [0.2, 0.25) is 0 Å². The fourth-order valence-electron chi connectivity index (χ4n) is 1.22. The van der Waals surface area contributed by atoms with Crippen molar-refractivity contribution < 1.29 is 4.74 Å². The summed E-state index contributed by atoms with van der Waals surface area (Å²) in [7, 11) is 0. The molecule has 0 aromatic heterocycles. The second kappa shape index (κ2) is 2.36. The van der Waals surface area contributed by atoms with Crippen LogP contribution in [0.15, 0.2) is 16.3 Å². The van der Waals surface area contributed by atoms with E-state index in [1.165, 1.54) is 0 Å². The van der Waals surface area contributed by atoms with Crippen LogP contribution in [0.2, 0.25) is 0 Å². The normalized spacial score (nSPS) is 22.8. The van der Waals surface area contributed by atoms with E-state index in [9.17, 15) is 0 Å². The Morgan fingerprint density at radius 2 is 1.73 bits per heavy atom. The second-order valence-electron chi connectivity index (χ2n) is 3.43. The Labute approximate surface area is 68.0 Å². The van der Waals surface area contributed by atoms with Gasteiger partial charge in [-0.2, -0.15) is 0 Å². The van der Waals surface area contributed by atoms with Crippen molar-refractivity contribution in [1.29, 1.82) is 0 Å². The van der Waals surface area contributed by atoms with Crippen molar-refractivity contribution in [3.63, 3.8) is 0 Å². The molecule has 0 fully saturated rings. The Morgan fingerprint density at radius 3 is 2.18 bits per heavy atom. The number of allylic oxidation sites excluding steroid dienone is 2. The zero-order chi connectivity index (χ0) is 8.65. The maximum Gasteiger partial charge on any atom is 0.194 e. The third-order valence-corrected chi connectivity index (χ3v) is 1.91. The molecule has 0 unspecified atom stereocenters. The zero-order valence-electron chi connectivity index (χ0n) is 7.86. The average molecular weight is 153 g/mol. The molecule has 11 heavy (non-hydrogen) atoms. The Hall–Kier alpha value is -0.790. The summed E-state index contributed by atoms with van der Waals surface area (Å²) in [5, 5.41) is 0. The smallest absolute Gasteiger partial charge is 0.194 e. The van der Waals surface area contributed by atoms with Crippen molar-refractivity contribution in [2.75, 3.05) is 0 Å². The van der Waals surface area contributed by atoms with Crippen LogP contribution in [-0.2, 0) is 4.74 Å².